The zero-order valence-electron chi connectivity index (χ0n) is 47.7. The molecule has 0 unspecified atom stereocenters. The van der Waals surface area contributed by atoms with Crippen LogP contribution in [0.2, 0.25) is 18.1 Å². The minimum atomic E-state index is -2.69. The van der Waals surface area contributed by atoms with E-state index in [1.807, 2.05) is 20.8 Å². The Bertz CT molecular complexity index is 2790. The molecule has 8 rings (SSSR count). The lowest BCUT2D eigenvalue weighted by Gasteiger charge is -2.68. The quantitative estimate of drug-likeness (QED) is 0.0612. The van der Waals surface area contributed by atoms with Gasteiger partial charge >= 0.3 is 30.0 Å². The summed E-state index contributed by atoms with van der Waals surface area (Å²) >= 11 is 0. The fourth-order valence-corrected chi connectivity index (χ4v) is 16.0. The summed E-state index contributed by atoms with van der Waals surface area (Å²) in [6.45, 7) is 18.3. The summed E-state index contributed by atoms with van der Waals surface area (Å²) < 4.78 is 63.4. The van der Waals surface area contributed by atoms with Crippen molar-refractivity contribution in [3.8, 4) is 5.75 Å². The Kier molecular flexibility index (Phi) is 16.9. The van der Waals surface area contributed by atoms with Crippen LogP contribution in [0.25, 0.3) is 0 Å². The van der Waals surface area contributed by atoms with Crippen LogP contribution in [0.1, 0.15) is 123 Å². The first-order valence-corrected chi connectivity index (χ1v) is 29.8. The number of methoxy groups -OCH3 is 2. The van der Waals surface area contributed by atoms with Gasteiger partial charge in [0.2, 0.25) is 0 Å². The molecule has 0 spiro atoms. The minimum Gasteiger partial charge on any atom is -0.497 e. The van der Waals surface area contributed by atoms with Crippen molar-refractivity contribution in [3.63, 3.8) is 0 Å². The van der Waals surface area contributed by atoms with Crippen LogP contribution in [0.3, 0.4) is 0 Å². The van der Waals surface area contributed by atoms with Gasteiger partial charge in [0.25, 0.3) is 0 Å². The molecule has 3 aromatic rings. The number of esters is 4. The van der Waals surface area contributed by atoms with Gasteiger partial charge in [0.1, 0.15) is 47.9 Å². The van der Waals surface area contributed by atoms with Gasteiger partial charge in [-0.15, -0.1) is 0 Å². The highest BCUT2D eigenvalue weighted by atomic mass is 28.4. The SMILES string of the molecule is CC[Si](CC)(CC)O[C@H]1C[C@H]2OC[C@@]2(OC(C)=O)[C@H]2[C@H](OC(=O)c3ccccc3)[C@]3(O)C[C@H](OC(=O)[C@@H]4O[C@H](c5ccc(OC)cc5)N(C(=O)OC(C)(C)C)[C@H]4c4ccccc4)C(C)=C([C@@H](OC(=O)COC)C(=O)[C@]12C)C3(C)C. The zero-order valence-corrected chi connectivity index (χ0v) is 48.7. The van der Waals surface area contributed by atoms with E-state index >= 15 is 9.59 Å². The Balaban J connectivity index is 1.36. The number of rotatable bonds is 16. The summed E-state index contributed by atoms with van der Waals surface area (Å²) in [4.78, 5) is 90.9. The lowest BCUT2D eigenvalue weighted by Crippen LogP contribution is -2.82. The lowest BCUT2D eigenvalue weighted by atomic mass is 9.44. The number of ether oxygens (including phenoxy) is 9. The van der Waals surface area contributed by atoms with Crippen LogP contribution in [-0.2, 0) is 61.5 Å². The van der Waals surface area contributed by atoms with E-state index in [9.17, 15) is 24.3 Å². The maximum absolute atomic E-state index is 16.7. The first kappa shape index (κ1) is 59.2. The zero-order chi connectivity index (χ0) is 57.6. The summed E-state index contributed by atoms with van der Waals surface area (Å²) in [6, 6.07) is 24.6. The highest BCUT2D eigenvalue weighted by molar-refractivity contribution is 6.73. The average molecular weight is 1110 g/mol. The van der Waals surface area contributed by atoms with Crippen LogP contribution in [0.5, 0.6) is 5.75 Å². The number of benzene rings is 3. The first-order valence-electron chi connectivity index (χ1n) is 27.3. The maximum atomic E-state index is 16.7. The molecule has 2 heterocycles. The Morgan fingerprint density at radius 3 is 2.00 bits per heavy atom. The van der Waals surface area contributed by atoms with Gasteiger partial charge < -0.3 is 52.2 Å². The minimum absolute atomic E-state index is 0.0563. The Labute approximate surface area is 463 Å². The molecule has 4 fully saturated rings. The summed E-state index contributed by atoms with van der Waals surface area (Å²) in [5.41, 5.74) is -7.25. The maximum Gasteiger partial charge on any atom is 0.413 e. The van der Waals surface area contributed by atoms with E-state index in [-0.39, 0.29) is 29.7 Å². The van der Waals surface area contributed by atoms with E-state index in [0.29, 0.717) is 35.0 Å². The van der Waals surface area contributed by atoms with E-state index in [0.717, 1.165) is 0 Å². The second-order valence-electron chi connectivity index (χ2n) is 23.3. The second-order valence-corrected chi connectivity index (χ2v) is 28.0. The molecule has 12 atom stereocenters. The third-order valence-corrected chi connectivity index (χ3v) is 22.1. The number of carbonyl (C=O) groups is 6. The highest BCUT2D eigenvalue weighted by Crippen LogP contribution is 2.65. The predicted octanol–water partition coefficient (Wildman–Crippen LogP) is 8.94. The molecule has 2 bridgehead atoms. The van der Waals surface area contributed by atoms with Crippen molar-refractivity contribution < 1.29 is 80.9 Å². The van der Waals surface area contributed by atoms with Gasteiger partial charge in [-0.2, -0.15) is 0 Å². The third kappa shape index (κ3) is 10.5. The second kappa shape index (κ2) is 22.5. The molecule has 2 saturated carbocycles. The molecule has 2 aliphatic heterocycles. The van der Waals surface area contributed by atoms with Crippen LogP contribution in [0.15, 0.2) is 96.1 Å². The van der Waals surface area contributed by atoms with Gasteiger partial charge in [-0.3, -0.25) is 14.5 Å². The number of carbonyl (C=O) groups excluding carboxylic acids is 6. The number of ketones is 1. The largest absolute Gasteiger partial charge is 0.497 e. The van der Waals surface area contributed by atoms with Crippen molar-refractivity contribution in [2.45, 2.75) is 173 Å². The molecule has 1 amide bonds. The molecule has 19 heteroatoms. The average Bonchev–Trinajstić information content (AvgIpc) is 2.42. The van der Waals surface area contributed by atoms with Crippen LogP contribution in [-0.4, -0.2) is 135 Å². The van der Waals surface area contributed by atoms with Crippen LogP contribution < -0.4 is 4.74 Å². The molecule has 3 aromatic carbocycles. The van der Waals surface area contributed by atoms with Crippen LogP contribution in [0.4, 0.5) is 4.79 Å². The summed E-state index contributed by atoms with van der Waals surface area (Å²) in [7, 11) is 0.133. The van der Waals surface area contributed by atoms with E-state index in [1.165, 1.54) is 26.0 Å². The van der Waals surface area contributed by atoms with Crippen molar-refractivity contribution >= 4 is 44.1 Å². The predicted molar refractivity (Wildman–Crippen MR) is 289 cm³/mol. The molecule has 428 valence electrons. The smallest absolute Gasteiger partial charge is 0.413 e. The number of hydrogen-bond donors (Lipinski definition) is 1. The summed E-state index contributed by atoms with van der Waals surface area (Å²) in [6.07, 6.45) is -11.0. The molecule has 2 saturated heterocycles. The number of Topliss-reactive ketones (excluding diaryl/α,β-unsaturated/α-hetero) is 1. The van der Waals surface area contributed by atoms with Gasteiger partial charge in [-0.1, -0.05) is 95.3 Å². The van der Waals surface area contributed by atoms with Crippen LogP contribution >= 0.6 is 0 Å². The number of fused-ring (bicyclic) bond motifs is 5. The number of amides is 1. The summed E-state index contributed by atoms with van der Waals surface area (Å²) in [5.74, 6) is -5.11. The van der Waals surface area contributed by atoms with Crippen molar-refractivity contribution in [1.29, 1.82) is 0 Å². The number of nitrogens with zero attached hydrogens (tertiary/aromatic N) is 1. The molecule has 0 radical (unpaired) electrons. The van der Waals surface area contributed by atoms with Gasteiger partial charge in [-0.25, -0.2) is 19.2 Å². The molecule has 79 heavy (non-hydrogen) atoms. The molecular formula is C60H77NO17Si. The normalized spacial score (nSPS) is 31.0. The monoisotopic (exact) mass is 1110 g/mol. The molecular weight excluding hydrogens is 1030 g/mol. The first-order chi connectivity index (χ1) is 37.3. The van der Waals surface area contributed by atoms with Crippen molar-refractivity contribution in [3.05, 3.63) is 113 Å². The lowest BCUT2D eigenvalue weighted by molar-refractivity contribution is -0.344. The Morgan fingerprint density at radius 2 is 1.46 bits per heavy atom. The van der Waals surface area contributed by atoms with Gasteiger partial charge in [0.05, 0.1) is 36.7 Å². The summed E-state index contributed by atoms with van der Waals surface area (Å²) in [5, 5.41) is 14.5. The molecule has 3 aliphatic carbocycles. The van der Waals surface area contributed by atoms with E-state index in [1.54, 1.807) is 133 Å². The van der Waals surface area contributed by atoms with Crippen molar-refractivity contribution in [1.82, 2.24) is 4.90 Å². The molecule has 5 aliphatic rings. The fraction of sp³-hybridized carbons (Fsp3) is 0.567. The Morgan fingerprint density at radius 1 is 0.835 bits per heavy atom. The third-order valence-electron chi connectivity index (χ3n) is 17.5. The van der Waals surface area contributed by atoms with Gasteiger partial charge in [-0.05, 0) is 93.7 Å². The topological polar surface area (TPSA) is 218 Å². The van der Waals surface area contributed by atoms with Crippen LogP contribution in [0, 0.1) is 16.7 Å². The van der Waals surface area contributed by atoms with E-state index in [2.05, 4.69) is 0 Å². The van der Waals surface area contributed by atoms with Crippen molar-refractivity contribution in [2.75, 3.05) is 27.4 Å². The highest BCUT2D eigenvalue weighted by Gasteiger charge is 2.79. The van der Waals surface area contributed by atoms with E-state index in [4.69, 9.17) is 47.1 Å². The van der Waals surface area contributed by atoms with Gasteiger partial charge in [0, 0.05) is 37.9 Å². The Hall–Kier alpha value is -5.96. The fourth-order valence-electron chi connectivity index (χ4n) is 13.1. The van der Waals surface area contributed by atoms with Gasteiger partial charge in [0.15, 0.2) is 38.1 Å². The standard InChI is InChI=1S/C60H77NO17Si/c1-14-79(15-2,16-3)78-42-31-43-59(34-71-43,76-36(5)62)49-51(75-53(65)39-25-21-18-22-26-39)60(68)32-41(35(4)45(57(60,9)10)47(50(64)58(42,49)11)73-44(63)33-69-12)72-54(66)48-46(37-23-19-17-20-24-37)61(55(67)77-56(6,7)8)52(74-48)38-27-29-40(70-13)30-28-38/h17-30,41-43,46-49,51-52,68H,14-16,31-34H2,1-13H3/t41-,42-,43+,46-,47+,48+,49-,51-,52+,58+,59-,60+/m0/s1. The molecule has 1 N–H and O–H groups in total. The molecule has 18 nitrogen and oxygen atoms in total. The molecule has 0 aromatic heterocycles. The van der Waals surface area contributed by atoms with Crippen molar-refractivity contribution in [2.24, 2.45) is 16.7 Å². The number of aliphatic hydroxyl groups is 1. The van der Waals surface area contributed by atoms with E-state index < -0.39 is 140 Å². The number of hydrogen-bond acceptors (Lipinski definition) is 17.